The summed E-state index contributed by atoms with van der Waals surface area (Å²) in [6.45, 7) is 5.07. The van der Waals surface area contributed by atoms with Gasteiger partial charge in [-0.05, 0) is 31.2 Å². The van der Waals surface area contributed by atoms with Gasteiger partial charge >= 0.3 is 0 Å². The Hall–Kier alpha value is -0.940. The van der Waals surface area contributed by atoms with Crippen molar-refractivity contribution in [1.29, 1.82) is 0 Å². The minimum atomic E-state index is 0.480. The number of aromatic nitrogens is 3. The average molecular weight is 263 g/mol. The summed E-state index contributed by atoms with van der Waals surface area (Å²) in [5.74, 6) is 1.97. The molecule has 2 N–H and O–H groups in total. The zero-order valence-corrected chi connectivity index (χ0v) is 11.7. The fraction of sp³-hybridized carbons (Fsp3) is 0.857. The largest absolute Gasteiger partial charge is 0.325 e. The SMILES string of the molecule is NCc1cn(CCN2CCC3CCCCC3C2)nn1. The highest BCUT2D eigenvalue weighted by atomic mass is 15.4. The van der Waals surface area contributed by atoms with Crippen LogP contribution >= 0.6 is 0 Å². The van der Waals surface area contributed by atoms with E-state index in [0.717, 1.165) is 30.6 Å². The first kappa shape index (κ1) is 13.1. The number of piperidine rings is 1. The molecule has 0 aromatic carbocycles. The van der Waals surface area contributed by atoms with Crippen molar-refractivity contribution in [2.75, 3.05) is 19.6 Å². The van der Waals surface area contributed by atoms with Gasteiger partial charge in [0.15, 0.2) is 0 Å². The molecule has 3 rings (SSSR count). The van der Waals surface area contributed by atoms with E-state index < -0.39 is 0 Å². The standard InChI is InChI=1S/C14H25N5/c15-9-14-11-19(17-16-14)8-7-18-6-5-12-3-1-2-4-13(12)10-18/h11-13H,1-10,15H2. The lowest BCUT2D eigenvalue weighted by atomic mass is 9.75. The lowest BCUT2D eigenvalue weighted by molar-refractivity contribution is 0.0837. The second kappa shape index (κ2) is 6.01. The molecule has 0 spiro atoms. The van der Waals surface area contributed by atoms with E-state index in [2.05, 4.69) is 15.2 Å². The number of hydrogen-bond donors (Lipinski definition) is 1. The maximum Gasteiger partial charge on any atom is 0.0962 e. The fourth-order valence-electron chi connectivity index (χ4n) is 3.66. The summed E-state index contributed by atoms with van der Waals surface area (Å²) in [7, 11) is 0. The molecule has 0 bridgehead atoms. The Labute approximate surface area is 115 Å². The predicted octanol–water partition coefficient (Wildman–Crippen LogP) is 1.25. The van der Waals surface area contributed by atoms with Crippen LogP contribution in [-0.4, -0.2) is 39.5 Å². The van der Waals surface area contributed by atoms with Gasteiger partial charge in [-0.15, -0.1) is 5.10 Å². The van der Waals surface area contributed by atoms with Gasteiger partial charge in [-0.3, -0.25) is 4.68 Å². The van der Waals surface area contributed by atoms with Crippen LogP contribution in [-0.2, 0) is 13.1 Å². The van der Waals surface area contributed by atoms with Gasteiger partial charge in [0.2, 0.25) is 0 Å². The van der Waals surface area contributed by atoms with Crippen LogP contribution < -0.4 is 5.73 Å². The van der Waals surface area contributed by atoms with Crippen molar-refractivity contribution in [2.24, 2.45) is 17.6 Å². The molecule has 5 heteroatoms. The van der Waals surface area contributed by atoms with E-state index >= 15 is 0 Å². The van der Waals surface area contributed by atoms with E-state index in [1.165, 1.54) is 45.2 Å². The molecule has 2 heterocycles. The van der Waals surface area contributed by atoms with Crippen molar-refractivity contribution in [1.82, 2.24) is 19.9 Å². The Balaban J connectivity index is 1.48. The highest BCUT2D eigenvalue weighted by Gasteiger charge is 2.30. The van der Waals surface area contributed by atoms with Crippen LogP contribution in [0.1, 0.15) is 37.8 Å². The van der Waals surface area contributed by atoms with E-state index in [1.807, 2.05) is 10.9 Å². The number of nitrogens with two attached hydrogens (primary N) is 1. The third kappa shape index (κ3) is 3.15. The second-order valence-electron chi connectivity index (χ2n) is 6.07. The quantitative estimate of drug-likeness (QED) is 0.888. The molecule has 1 aromatic rings. The Morgan fingerprint density at radius 1 is 1.16 bits per heavy atom. The van der Waals surface area contributed by atoms with Crippen LogP contribution in [0.25, 0.3) is 0 Å². The minimum Gasteiger partial charge on any atom is -0.325 e. The first-order chi connectivity index (χ1) is 9.35. The maximum absolute atomic E-state index is 5.55. The number of hydrogen-bond acceptors (Lipinski definition) is 4. The molecule has 2 aliphatic rings. The molecule has 2 atom stereocenters. The van der Waals surface area contributed by atoms with Gasteiger partial charge in [0.1, 0.15) is 0 Å². The molecule has 1 aliphatic carbocycles. The lowest BCUT2D eigenvalue weighted by Crippen LogP contribution is -2.42. The van der Waals surface area contributed by atoms with E-state index in [4.69, 9.17) is 5.73 Å². The van der Waals surface area contributed by atoms with Crippen molar-refractivity contribution in [3.63, 3.8) is 0 Å². The van der Waals surface area contributed by atoms with Crippen LogP contribution in [0.15, 0.2) is 6.20 Å². The zero-order chi connectivity index (χ0) is 13.1. The summed E-state index contributed by atoms with van der Waals surface area (Å²) in [6.07, 6.45) is 9.19. The molecule has 1 aromatic heterocycles. The first-order valence-electron chi connectivity index (χ1n) is 7.66. The number of fused-ring (bicyclic) bond motifs is 1. The van der Waals surface area contributed by atoms with E-state index in [-0.39, 0.29) is 0 Å². The molecular formula is C14H25N5. The molecule has 0 radical (unpaired) electrons. The van der Waals surface area contributed by atoms with Crippen LogP contribution in [0.5, 0.6) is 0 Å². The van der Waals surface area contributed by atoms with E-state index in [1.54, 1.807) is 0 Å². The number of nitrogens with zero attached hydrogens (tertiary/aromatic N) is 4. The molecule has 106 valence electrons. The molecule has 0 amide bonds. The number of rotatable bonds is 4. The monoisotopic (exact) mass is 263 g/mol. The summed E-state index contributed by atoms with van der Waals surface area (Å²) < 4.78 is 1.93. The second-order valence-corrected chi connectivity index (χ2v) is 6.07. The molecular weight excluding hydrogens is 238 g/mol. The Morgan fingerprint density at radius 3 is 2.79 bits per heavy atom. The normalized spacial score (nSPS) is 28.3. The van der Waals surface area contributed by atoms with Gasteiger partial charge in [-0.1, -0.05) is 24.5 Å². The summed E-state index contributed by atoms with van der Waals surface area (Å²) >= 11 is 0. The molecule has 1 saturated heterocycles. The Kier molecular flexibility index (Phi) is 4.13. The highest BCUT2D eigenvalue weighted by molar-refractivity contribution is 4.90. The summed E-state index contributed by atoms with van der Waals surface area (Å²) in [6, 6.07) is 0. The highest BCUT2D eigenvalue weighted by Crippen LogP contribution is 2.35. The topological polar surface area (TPSA) is 60.0 Å². The number of likely N-dealkylation sites (tertiary alicyclic amines) is 1. The fourth-order valence-corrected chi connectivity index (χ4v) is 3.66. The predicted molar refractivity (Wildman–Crippen MR) is 74.4 cm³/mol. The Morgan fingerprint density at radius 2 is 2.00 bits per heavy atom. The maximum atomic E-state index is 5.55. The molecule has 1 saturated carbocycles. The minimum absolute atomic E-state index is 0.480. The third-order valence-corrected chi connectivity index (χ3v) is 4.82. The Bertz CT molecular complexity index is 402. The van der Waals surface area contributed by atoms with Crippen molar-refractivity contribution in [3.8, 4) is 0 Å². The van der Waals surface area contributed by atoms with Gasteiger partial charge in [0.05, 0.1) is 12.2 Å². The van der Waals surface area contributed by atoms with Gasteiger partial charge in [0, 0.05) is 25.8 Å². The first-order valence-corrected chi connectivity index (χ1v) is 7.66. The third-order valence-electron chi connectivity index (χ3n) is 4.82. The molecule has 19 heavy (non-hydrogen) atoms. The summed E-state index contributed by atoms with van der Waals surface area (Å²) in [4.78, 5) is 2.61. The zero-order valence-electron chi connectivity index (χ0n) is 11.7. The summed E-state index contributed by atoms with van der Waals surface area (Å²) in [5, 5.41) is 8.15. The van der Waals surface area contributed by atoms with E-state index in [9.17, 15) is 0 Å². The lowest BCUT2D eigenvalue weighted by Gasteiger charge is -2.41. The van der Waals surface area contributed by atoms with Crippen LogP contribution in [0.4, 0.5) is 0 Å². The van der Waals surface area contributed by atoms with Gasteiger partial charge < -0.3 is 10.6 Å². The van der Waals surface area contributed by atoms with Gasteiger partial charge in [0.25, 0.3) is 0 Å². The molecule has 2 fully saturated rings. The van der Waals surface area contributed by atoms with Crippen LogP contribution in [0.2, 0.25) is 0 Å². The molecule has 5 nitrogen and oxygen atoms in total. The average Bonchev–Trinajstić information content (AvgIpc) is 2.93. The molecule has 1 aliphatic heterocycles. The van der Waals surface area contributed by atoms with Crippen LogP contribution in [0, 0.1) is 11.8 Å². The summed E-state index contributed by atoms with van der Waals surface area (Å²) in [5.41, 5.74) is 6.43. The van der Waals surface area contributed by atoms with Crippen molar-refractivity contribution >= 4 is 0 Å². The van der Waals surface area contributed by atoms with Crippen molar-refractivity contribution < 1.29 is 0 Å². The van der Waals surface area contributed by atoms with E-state index in [0.29, 0.717) is 6.54 Å². The van der Waals surface area contributed by atoms with Crippen molar-refractivity contribution in [3.05, 3.63) is 11.9 Å². The van der Waals surface area contributed by atoms with Gasteiger partial charge in [-0.2, -0.15) is 0 Å². The van der Waals surface area contributed by atoms with Crippen LogP contribution in [0.3, 0.4) is 0 Å². The van der Waals surface area contributed by atoms with Crippen molar-refractivity contribution in [2.45, 2.75) is 45.2 Å². The molecule has 2 unspecified atom stereocenters. The smallest absolute Gasteiger partial charge is 0.0962 e. The van der Waals surface area contributed by atoms with Gasteiger partial charge in [-0.25, -0.2) is 0 Å².